The molecule has 0 amide bonds. The fourth-order valence-electron chi connectivity index (χ4n) is 2.53. The van der Waals surface area contributed by atoms with Crippen molar-refractivity contribution >= 4 is 5.82 Å². The molecule has 1 aliphatic carbocycles. The lowest BCUT2D eigenvalue weighted by Gasteiger charge is -2.16. The van der Waals surface area contributed by atoms with Crippen LogP contribution in [0.1, 0.15) is 38.8 Å². The van der Waals surface area contributed by atoms with Crippen LogP contribution in [0.4, 0.5) is 10.2 Å². The van der Waals surface area contributed by atoms with Crippen molar-refractivity contribution in [2.24, 2.45) is 11.8 Å². The molecule has 1 aromatic heterocycles. The molecule has 0 spiro atoms. The van der Waals surface area contributed by atoms with Gasteiger partial charge < -0.3 is 5.32 Å². The lowest BCUT2D eigenvalue weighted by molar-refractivity contribution is 0.438. The first-order valence-electron chi connectivity index (χ1n) is 6.45. The molecule has 1 N–H and O–H groups in total. The van der Waals surface area contributed by atoms with Crippen molar-refractivity contribution in [3.63, 3.8) is 0 Å². The number of hydrogen-bond acceptors (Lipinski definition) is 3. The van der Waals surface area contributed by atoms with Crippen LogP contribution in [-0.2, 0) is 6.42 Å². The van der Waals surface area contributed by atoms with Gasteiger partial charge in [-0.3, -0.25) is 0 Å². The number of rotatable bonds is 4. The Kier molecular flexibility index (Phi) is 3.92. The summed E-state index contributed by atoms with van der Waals surface area (Å²) in [6.07, 6.45) is 5.85. The molecule has 1 aliphatic rings. The summed E-state index contributed by atoms with van der Waals surface area (Å²) in [6, 6.07) is 0. The van der Waals surface area contributed by atoms with E-state index in [9.17, 15) is 4.39 Å². The average molecular weight is 237 g/mol. The third-order valence-corrected chi connectivity index (χ3v) is 3.77. The maximum atomic E-state index is 13.9. The molecule has 2 unspecified atom stereocenters. The molecule has 0 radical (unpaired) electrons. The minimum Gasteiger partial charge on any atom is -0.367 e. The van der Waals surface area contributed by atoms with Crippen LogP contribution >= 0.6 is 0 Å². The SMILES string of the molecule is CCc1ncnc(NCC2CCCC2C)c1F. The van der Waals surface area contributed by atoms with Crippen LogP contribution in [-0.4, -0.2) is 16.5 Å². The van der Waals surface area contributed by atoms with Gasteiger partial charge in [-0.05, 0) is 24.7 Å². The van der Waals surface area contributed by atoms with Gasteiger partial charge in [0.25, 0.3) is 0 Å². The Balaban J connectivity index is 1.99. The quantitative estimate of drug-likeness (QED) is 0.874. The number of aromatic nitrogens is 2. The van der Waals surface area contributed by atoms with Crippen LogP contribution in [0.15, 0.2) is 6.33 Å². The van der Waals surface area contributed by atoms with Gasteiger partial charge in [-0.15, -0.1) is 0 Å². The van der Waals surface area contributed by atoms with Gasteiger partial charge >= 0.3 is 0 Å². The molecule has 17 heavy (non-hydrogen) atoms. The highest BCUT2D eigenvalue weighted by molar-refractivity contribution is 5.37. The highest BCUT2D eigenvalue weighted by Crippen LogP contribution is 2.31. The van der Waals surface area contributed by atoms with E-state index in [4.69, 9.17) is 0 Å². The molecule has 3 nitrogen and oxygen atoms in total. The number of aryl methyl sites for hydroxylation is 1. The van der Waals surface area contributed by atoms with Crippen LogP contribution in [0.3, 0.4) is 0 Å². The fraction of sp³-hybridized carbons (Fsp3) is 0.692. The third kappa shape index (κ3) is 2.73. The average Bonchev–Trinajstić information content (AvgIpc) is 2.74. The summed E-state index contributed by atoms with van der Waals surface area (Å²) in [7, 11) is 0. The van der Waals surface area contributed by atoms with Crippen molar-refractivity contribution in [3.8, 4) is 0 Å². The van der Waals surface area contributed by atoms with Gasteiger partial charge in [-0.1, -0.05) is 26.7 Å². The highest BCUT2D eigenvalue weighted by atomic mass is 19.1. The maximum Gasteiger partial charge on any atom is 0.186 e. The summed E-state index contributed by atoms with van der Waals surface area (Å²) < 4.78 is 13.9. The summed E-state index contributed by atoms with van der Waals surface area (Å²) in [6.45, 7) is 4.99. The topological polar surface area (TPSA) is 37.8 Å². The number of halogens is 1. The first-order chi connectivity index (χ1) is 8.22. The van der Waals surface area contributed by atoms with Crippen molar-refractivity contribution in [1.82, 2.24) is 9.97 Å². The molecule has 0 bridgehead atoms. The van der Waals surface area contributed by atoms with Gasteiger partial charge in [0, 0.05) is 6.54 Å². The molecular weight excluding hydrogens is 217 g/mol. The molecule has 0 aromatic carbocycles. The van der Waals surface area contributed by atoms with Crippen LogP contribution < -0.4 is 5.32 Å². The number of hydrogen-bond donors (Lipinski definition) is 1. The highest BCUT2D eigenvalue weighted by Gasteiger charge is 2.23. The Hall–Kier alpha value is -1.19. The predicted molar refractivity (Wildman–Crippen MR) is 66.4 cm³/mol. The van der Waals surface area contributed by atoms with E-state index in [0.29, 0.717) is 23.9 Å². The summed E-state index contributed by atoms with van der Waals surface area (Å²) in [5.41, 5.74) is 0.488. The molecule has 2 atom stereocenters. The summed E-state index contributed by atoms with van der Waals surface area (Å²) in [4.78, 5) is 7.90. The summed E-state index contributed by atoms with van der Waals surface area (Å²) in [5, 5.41) is 3.13. The van der Waals surface area contributed by atoms with Crippen LogP contribution in [0.5, 0.6) is 0 Å². The van der Waals surface area contributed by atoms with Gasteiger partial charge in [0.1, 0.15) is 6.33 Å². The second-order valence-corrected chi connectivity index (χ2v) is 4.89. The zero-order valence-electron chi connectivity index (χ0n) is 10.5. The van der Waals surface area contributed by atoms with E-state index >= 15 is 0 Å². The third-order valence-electron chi connectivity index (χ3n) is 3.77. The number of nitrogens with zero attached hydrogens (tertiary/aromatic N) is 2. The van der Waals surface area contributed by atoms with Crippen LogP contribution in [0, 0.1) is 17.7 Å². The lowest BCUT2D eigenvalue weighted by Crippen LogP contribution is -2.18. The second-order valence-electron chi connectivity index (χ2n) is 4.89. The van der Waals surface area contributed by atoms with E-state index in [-0.39, 0.29) is 5.82 Å². The van der Waals surface area contributed by atoms with E-state index in [1.54, 1.807) is 0 Å². The minimum atomic E-state index is -0.291. The molecule has 1 saturated carbocycles. The molecule has 94 valence electrons. The Morgan fingerprint density at radius 1 is 1.41 bits per heavy atom. The normalized spacial score (nSPS) is 23.9. The summed E-state index contributed by atoms with van der Waals surface area (Å²) in [5.74, 6) is 1.45. The number of nitrogens with one attached hydrogen (secondary N) is 1. The minimum absolute atomic E-state index is 0.291. The molecule has 1 fully saturated rings. The van der Waals surface area contributed by atoms with Crippen molar-refractivity contribution in [2.75, 3.05) is 11.9 Å². The standard InChI is InChI=1S/C13H20FN3/c1-3-11-12(14)13(17-8-16-11)15-7-10-6-4-5-9(10)2/h8-10H,3-7H2,1-2H3,(H,15,16,17). The number of anilines is 1. The molecule has 1 heterocycles. The lowest BCUT2D eigenvalue weighted by atomic mass is 9.98. The zero-order valence-corrected chi connectivity index (χ0v) is 10.5. The maximum absolute atomic E-state index is 13.9. The Morgan fingerprint density at radius 3 is 2.88 bits per heavy atom. The molecule has 0 aliphatic heterocycles. The van der Waals surface area contributed by atoms with Gasteiger partial charge in [0.15, 0.2) is 11.6 Å². The molecule has 4 heteroatoms. The first kappa shape index (κ1) is 12.3. The van der Waals surface area contributed by atoms with Crippen molar-refractivity contribution < 1.29 is 4.39 Å². The van der Waals surface area contributed by atoms with Crippen molar-refractivity contribution in [1.29, 1.82) is 0 Å². The predicted octanol–water partition coefficient (Wildman–Crippen LogP) is 3.03. The van der Waals surface area contributed by atoms with Gasteiger partial charge in [-0.2, -0.15) is 0 Å². The fourth-order valence-corrected chi connectivity index (χ4v) is 2.53. The molecule has 0 saturated heterocycles. The smallest absolute Gasteiger partial charge is 0.186 e. The summed E-state index contributed by atoms with van der Waals surface area (Å²) >= 11 is 0. The molecule has 1 aromatic rings. The second kappa shape index (κ2) is 5.43. The van der Waals surface area contributed by atoms with Gasteiger partial charge in [0.2, 0.25) is 0 Å². The first-order valence-corrected chi connectivity index (χ1v) is 6.45. The van der Waals surface area contributed by atoms with Crippen molar-refractivity contribution in [3.05, 3.63) is 17.8 Å². The largest absolute Gasteiger partial charge is 0.367 e. The van der Waals surface area contributed by atoms with E-state index in [1.807, 2.05) is 6.92 Å². The molecule has 2 rings (SSSR count). The van der Waals surface area contributed by atoms with E-state index in [2.05, 4.69) is 22.2 Å². The Labute approximate surface area is 102 Å². The van der Waals surface area contributed by atoms with Crippen LogP contribution in [0.2, 0.25) is 0 Å². The van der Waals surface area contributed by atoms with Gasteiger partial charge in [-0.25, -0.2) is 14.4 Å². The van der Waals surface area contributed by atoms with Crippen molar-refractivity contribution in [2.45, 2.75) is 39.5 Å². The van der Waals surface area contributed by atoms with Gasteiger partial charge in [0.05, 0.1) is 5.69 Å². The van der Waals surface area contributed by atoms with E-state index in [0.717, 1.165) is 12.5 Å². The van der Waals surface area contributed by atoms with E-state index < -0.39 is 0 Å². The zero-order chi connectivity index (χ0) is 12.3. The Bertz CT molecular complexity index is 381. The monoisotopic (exact) mass is 237 g/mol. The van der Waals surface area contributed by atoms with Crippen LogP contribution in [0.25, 0.3) is 0 Å². The Morgan fingerprint density at radius 2 is 2.24 bits per heavy atom. The van der Waals surface area contributed by atoms with E-state index in [1.165, 1.54) is 25.6 Å². The molecular formula is C13H20FN3.